The number of fused-ring (bicyclic) bond motifs is 1. The van der Waals surface area contributed by atoms with Crippen LogP contribution in [0.15, 0.2) is 24.3 Å². The number of nitrogens with zero attached hydrogens (tertiary/aromatic N) is 1. The summed E-state index contributed by atoms with van der Waals surface area (Å²) in [5.41, 5.74) is 9.06. The Kier molecular flexibility index (Phi) is 6.85. The van der Waals surface area contributed by atoms with E-state index in [9.17, 15) is 14.4 Å². The Hall–Kier alpha value is -2.67. The minimum absolute atomic E-state index is 0.0474. The molecule has 1 aliphatic carbocycles. The van der Waals surface area contributed by atoms with Gasteiger partial charge in [0.2, 0.25) is 5.91 Å². The highest BCUT2D eigenvalue weighted by Crippen LogP contribution is 2.45. The monoisotopic (exact) mass is 481 g/mol. The summed E-state index contributed by atoms with van der Waals surface area (Å²) in [5, 5.41) is 3.71. The lowest BCUT2D eigenvalue weighted by molar-refractivity contribution is -0.123. The van der Waals surface area contributed by atoms with Crippen molar-refractivity contribution in [1.29, 1.82) is 0 Å². The number of hydrogen-bond donors (Lipinski definition) is 2. The van der Waals surface area contributed by atoms with Crippen molar-refractivity contribution in [3.8, 4) is 0 Å². The molecule has 0 radical (unpaired) electrons. The number of nitrogens with two attached hydrogens (primary N) is 1. The van der Waals surface area contributed by atoms with Crippen LogP contribution < -0.4 is 11.1 Å². The van der Waals surface area contributed by atoms with Crippen LogP contribution in [0.4, 0.5) is 5.00 Å². The first-order valence-corrected chi connectivity index (χ1v) is 13.0. The average Bonchev–Trinajstić information content (AvgIpc) is 3.15. The molecule has 2 heterocycles. The first-order valence-electron chi connectivity index (χ1n) is 12.2. The van der Waals surface area contributed by atoms with Crippen LogP contribution >= 0.6 is 11.3 Å². The summed E-state index contributed by atoms with van der Waals surface area (Å²) in [5.74, 6) is -0.178. The van der Waals surface area contributed by atoms with Gasteiger partial charge >= 0.3 is 0 Å². The predicted octanol–water partition coefficient (Wildman–Crippen LogP) is 4.80. The number of thiophene rings is 1. The van der Waals surface area contributed by atoms with Gasteiger partial charge in [-0.05, 0) is 68.1 Å². The van der Waals surface area contributed by atoms with E-state index in [0.29, 0.717) is 48.0 Å². The number of aryl methyl sites for hydroxylation is 1. The lowest BCUT2D eigenvalue weighted by Crippen LogP contribution is -2.42. The summed E-state index contributed by atoms with van der Waals surface area (Å²) >= 11 is 1.55. The Morgan fingerprint density at radius 1 is 1.06 bits per heavy atom. The van der Waals surface area contributed by atoms with E-state index < -0.39 is 0 Å². The normalized spacial score (nSPS) is 18.9. The summed E-state index contributed by atoms with van der Waals surface area (Å²) in [6.07, 6.45) is 3.97. The van der Waals surface area contributed by atoms with Gasteiger partial charge in [-0.15, -0.1) is 11.3 Å². The topological polar surface area (TPSA) is 92.5 Å². The molecule has 3 N–H and O–H groups in total. The number of carbonyl (C=O) groups excluding carboxylic acids is 3. The Bertz CT molecular complexity index is 1090. The molecule has 1 aliphatic heterocycles. The molecule has 6 nitrogen and oxygen atoms in total. The third-order valence-electron chi connectivity index (χ3n) is 7.43. The second-order valence-electron chi connectivity index (χ2n) is 10.8. The molecule has 7 heteroatoms. The van der Waals surface area contributed by atoms with Crippen molar-refractivity contribution in [2.75, 3.05) is 18.4 Å². The highest BCUT2D eigenvalue weighted by atomic mass is 32.1. The molecule has 1 atom stereocenters. The maximum atomic E-state index is 13.7. The zero-order valence-corrected chi connectivity index (χ0v) is 21.4. The highest BCUT2D eigenvalue weighted by Gasteiger charge is 2.36. The van der Waals surface area contributed by atoms with Crippen molar-refractivity contribution in [1.82, 2.24) is 4.90 Å². The third-order valence-corrected chi connectivity index (χ3v) is 8.60. The number of carbonyl (C=O) groups is 3. The van der Waals surface area contributed by atoms with Gasteiger partial charge in [-0.3, -0.25) is 14.4 Å². The number of nitrogens with one attached hydrogen (secondary N) is 1. The van der Waals surface area contributed by atoms with E-state index in [1.807, 2.05) is 36.1 Å². The third kappa shape index (κ3) is 5.04. The molecule has 3 amide bonds. The molecule has 0 bridgehead atoms. The zero-order valence-electron chi connectivity index (χ0n) is 20.6. The molecule has 34 heavy (non-hydrogen) atoms. The van der Waals surface area contributed by atoms with Crippen molar-refractivity contribution in [2.45, 2.75) is 59.8 Å². The summed E-state index contributed by atoms with van der Waals surface area (Å²) in [4.78, 5) is 41.4. The summed E-state index contributed by atoms with van der Waals surface area (Å²) in [7, 11) is 0. The number of benzene rings is 1. The minimum atomic E-state index is -0.292. The second kappa shape index (κ2) is 9.53. The van der Waals surface area contributed by atoms with Crippen LogP contribution in [0.2, 0.25) is 0 Å². The lowest BCUT2D eigenvalue weighted by atomic mass is 9.72. The first kappa shape index (κ1) is 24.5. The van der Waals surface area contributed by atoms with Gasteiger partial charge in [-0.25, -0.2) is 0 Å². The largest absolute Gasteiger partial charge is 0.369 e. The van der Waals surface area contributed by atoms with Crippen molar-refractivity contribution in [3.63, 3.8) is 0 Å². The van der Waals surface area contributed by atoms with Crippen molar-refractivity contribution >= 4 is 34.1 Å². The van der Waals surface area contributed by atoms with E-state index in [-0.39, 0.29) is 29.1 Å². The quantitative estimate of drug-likeness (QED) is 0.657. The number of rotatable bonds is 4. The molecule has 0 unspecified atom stereocenters. The van der Waals surface area contributed by atoms with Crippen LogP contribution in [0.3, 0.4) is 0 Å². The molecular weight excluding hydrogens is 446 g/mol. The standard InChI is InChI=1S/C27H35N3O3S/c1-16-5-7-18(8-6-16)24(32)29-25-22(26(33)30-13-11-17(12-14-30)23(28)31)20-10-9-19(27(2,3)4)15-21(20)34-25/h5-8,17,19H,9-15H2,1-4H3,(H2,28,31)(H,29,32)/t19-/m1/s1. The van der Waals surface area contributed by atoms with Crippen molar-refractivity contribution in [2.24, 2.45) is 23.0 Å². The number of amides is 3. The molecule has 1 fully saturated rings. The fourth-order valence-electron chi connectivity index (χ4n) is 5.04. The number of anilines is 1. The van der Waals surface area contributed by atoms with Crippen LogP contribution in [-0.4, -0.2) is 35.7 Å². The van der Waals surface area contributed by atoms with Crippen molar-refractivity contribution in [3.05, 3.63) is 51.4 Å². The maximum absolute atomic E-state index is 13.7. The second-order valence-corrected chi connectivity index (χ2v) is 11.9. The van der Waals surface area contributed by atoms with E-state index in [0.717, 1.165) is 30.4 Å². The minimum Gasteiger partial charge on any atom is -0.369 e. The summed E-state index contributed by atoms with van der Waals surface area (Å²) in [6, 6.07) is 7.45. The molecule has 1 aromatic carbocycles. The van der Waals surface area contributed by atoms with Crippen LogP contribution in [-0.2, 0) is 17.6 Å². The lowest BCUT2D eigenvalue weighted by Gasteiger charge is -2.34. The smallest absolute Gasteiger partial charge is 0.257 e. The molecule has 0 saturated carbocycles. The van der Waals surface area contributed by atoms with E-state index >= 15 is 0 Å². The van der Waals surface area contributed by atoms with Crippen LogP contribution in [0.25, 0.3) is 0 Å². The Labute approximate surface area is 205 Å². The number of hydrogen-bond acceptors (Lipinski definition) is 4. The Morgan fingerprint density at radius 3 is 2.29 bits per heavy atom. The fourth-order valence-corrected chi connectivity index (χ4v) is 6.36. The van der Waals surface area contributed by atoms with Crippen molar-refractivity contribution < 1.29 is 14.4 Å². The molecule has 0 spiro atoms. The number of piperidine rings is 1. The highest BCUT2D eigenvalue weighted by molar-refractivity contribution is 7.17. The number of likely N-dealkylation sites (tertiary alicyclic amines) is 1. The van der Waals surface area contributed by atoms with Crippen LogP contribution in [0.5, 0.6) is 0 Å². The first-order chi connectivity index (χ1) is 16.0. The molecule has 1 saturated heterocycles. The van der Waals surface area contributed by atoms with Gasteiger partial charge in [-0.2, -0.15) is 0 Å². The predicted molar refractivity (Wildman–Crippen MR) is 136 cm³/mol. The van der Waals surface area contributed by atoms with Gasteiger partial charge in [0, 0.05) is 29.4 Å². The van der Waals surface area contributed by atoms with Gasteiger partial charge in [-0.1, -0.05) is 38.5 Å². The Balaban J connectivity index is 1.64. The molecule has 2 aromatic rings. The SMILES string of the molecule is Cc1ccc(C(=O)Nc2sc3c(c2C(=O)N2CCC(C(N)=O)CC2)CC[C@@H](C(C)(C)C)C3)cc1. The number of primary amides is 1. The van der Waals surface area contributed by atoms with Crippen LogP contribution in [0.1, 0.15) is 76.8 Å². The molecule has 182 valence electrons. The zero-order chi connectivity index (χ0) is 24.6. The molecule has 2 aliphatic rings. The van der Waals surface area contributed by atoms with E-state index in [1.165, 1.54) is 4.88 Å². The van der Waals surface area contributed by atoms with E-state index in [4.69, 9.17) is 5.73 Å². The maximum Gasteiger partial charge on any atom is 0.257 e. The fraction of sp³-hybridized carbons (Fsp3) is 0.519. The average molecular weight is 482 g/mol. The van der Waals surface area contributed by atoms with Gasteiger partial charge in [0.05, 0.1) is 5.56 Å². The molecule has 1 aromatic heterocycles. The summed E-state index contributed by atoms with van der Waals surface area (Å²) < 4.78 is 0. The van der Waals surface area contributed by atoms with Gasteiger partial charge < -0.3 is 16.0 Å². The van der Waals surface area contributed by atoms with Gasteiger partial charge in [0.25, 0.3) is 11.8 Å². The molecule has 4 rings (SSSR count). The van der Waals surface area contributed by atoms with E-state index in [1.54, 1.807) is 11.3 Å². The summed E-state index contributed by atoms with van der Waals surface area (Å²) in [6.45, 7) is 9.81. The van der Waals surface area contributed by atoms with E-state index in [2.05, 4.69) is 26.1 Å². The Morgan fingerprint density at radius 2 is 1.71 bits per heavy atom. The van der Waals surface area contributed by atoms with Gasteiger partial charge in [0.15, 0.2) is 0 Å². The molecular formula is C27H35N3O3S. The van der Waals surface area contributed by atoms with Crippen LogP contribution in [0, 0.1) is 24.2 Å². The van der Waals surface area contributed by atoms with Gasteiger partial charge in [0.1, 0.15) is 5.00 Å².